The van der Waals surface area contributed by atoms with E-state index in [1.54, 1.807) is 0 Å². The van der Waals surface area contributed by atoms with Gasteiger partial charge < -0.3 is 5.32 Å². The molecule has 0 aromatic heterocycles. The number of hydrogen-bond acceptors (Lipinski definition) is 2. The molecule has 1 amide bonds. The minimum Gasteiger partial charge on any atom is -0.339 e. The summed E-state index contributed by atoms with van der Waals surface area (Å²) in [4.78, 5) is 14.4. The van der Waals surface area contributed by atoms with E-state index in [-0.39, 0.29) is 12.5 Å². The van der Waals surface area contributed by atoms with E-state index in [0.29, 0.717) is 18.7 Å². The molecule has 0 aliphatic heterocycles. The zero-order chi connectivity index (χ0) is 15.5. The van der Waals surface area contributed by atoms with Crippen LogP contribution in [0.1, 0.15) is 49.0 Å². The SMILES string of the molecule is CCCN(CC)CNC(=O)c1cccc(CCCC[O])c1. The van der Waals surface area contributed by atoms with Crippen molar-refractivity contribution in [3.05, 3.63) is 35.4 Å². The van der Waals surface area contributed by atoms with Crippen LogP contribution in [0.4, 0.5) is 0 Å². The molecule has 0 aliphatic rings. The molecule has 21 heavy (non-hydrogen) atoms. The molecule has 0 saturated heterocycles. The number of carbonyl (C=O) groups excluding carboxylic acids is 1. The van der Waals surface area contributed by atoms with E-state index in [1.165, 1.54) is 0 Å². The van der Waals surface area contributed by atoms with Crippen LogP contribution >= 0.6 is 0 Å². The van der Waals surface area contributed by atoms with Crippen LogP contribution in [0.25, 0.3) is 0 Å². The van der Waals surface area contributed by atoms with Crippen molar-refractivity contribution in [3.8, 4) is 0 Å². The molecule has 0 saturated carbocycles. The topological polar surface area (TPSA) is 52.2 Å². The molecule has 1 N–H and O–H groups in total. The lowest BCUT2D eigenvalue weighted by molar-refractivity contribution is 0.0924. The number of nitrogens with zero attached hydrogens (tertiary/aromatic N) is 1. The number of amides is 1. The van der Waals surface area contributed by atoms with Gasteiger partial charge in [0.25, 0.3) is 5.91 Å². The molecular formula is C17H27N2O2. The minimum atomic E-state index is -0.0322. The smallest absolute Gasteiger partial charge is 0.252 e. The summed E-state index contributed by atoms with van der Waals surface area (Å²) in [5, 5.41) is 13.4. The van der Waals surface area contributed by atoms with Gasteiger partial charge in [0, 0.05) is 5.56 Å². The summed E-state index contributed by atoms with van der Waals surface area (Å²) in [6.45, 7) is 6.72. The first-order valence-electron chi connectivity index (χ1n) is 7.88. The summed E-state index contributed by atoms with van der Waals surface area (Å²) >= 11 is 0. The van der Waals surface area contributed by atoms with Crippen molar-refractivity contribution in [2.75, 3.05) is 26.4 Å². The Kier molecular flexibility index (Phi) is 8.71. The third-order valence-corrected chi connectivity index (χ3v) is 3.50. The Morgan fingerprint density at radius 2 is 2.05 bits per heavy atom. The zero-order valence-corrected chi connectivity index (χ0v) is 13.2. The molecule has 1 aromatic rings. The molecule has 4 heteroatoms. The molecule has 4 nitrogen and oxygen atoms in total. The van der Waals surface area contributed by atoms with Gasteiger partial charge in [-0.25, -0.2) is 5.11 Å². The average Bonchev–Trinajstić information content (AvgIpc) is 2.51. The largest absolute Gasteiger partial charge is 0.339 e. The Morgan fingerprint density at radius 1 is 1.24 bits per heavy atom. The van der Waals surface area contributed by atoms with Crippen molar-refractivity contribution in [2.24, 2.45) is 0 Å². The standard InChI is InChI=1S/C17H27N2O2/c1-3-11-19(4-2)14-18-17(21)16-10-7-9-15(13-16)8-5-6-12-20/h7,9-10,13H,3-6,8,11-12,14H2,1-2H3,(H,18,21). The molecule has 1 aromatic carbocycles. The first-order chi connectivity index (χ1) is 10.2. The Labute approximate surface area is 128 Å². The third-order valence-electron chi connectivity index (χ3n) is 3.50. The average molecular weight is 291 g/mol. The summed E-state index contributed by atoms with van der Waals surface area (Å²) in [6, 6.07) is 7.68. The van der Waals surface area contributed by atoms with Gasteiger partial charge in [-0.15, -0.1) is 0 Å². The number of rotatable bonds is 10. The van der Waals surface area contributed by atoms with Gasteiger partial charge in [-0.05, 0) is 56.5 Å². The van der Waals surface area contributed by atoms with Crippen molar-refractivity contribution in [1.82, 2.24) is 10.2 Å². The predicted molar refractivity (Wildman–Crippen MR) is 84.8 cm³/mol. The highest BCUT2D eigenvalue weighted by molar-refractivity contribution is 5.94. The van der Waals surface area contributed by atoms with Crippen molar-refractivity contribution in [3.63, 3.8) is 0 Å². The summed E-state index contributed by atoms with van der Waals surface area (Å²) in [5.41, 5.74) is 1.82. The number of unbranched alkanes of at least 4 members (excludes halogenated alkanes) is 1. The van der Waals surface area contributed by atoms with Crippen molar-refractivity contribution in [1.29, 1.82) is 0 Å². The van der Waals surface area contributed by atoms with E-state index in [1.807, 2.05) is 24.3 Å². The first-order valence-corrected chi connectivity index (χ1v) is 7.88. The maximum Gasteiger partial charge on any atom is 0.252 e. The number of nitrogens with one attached hydrogen (secondary N) is 1. The van der Waals surface area contributed by atoms with Crippen LogP contribution in [-0.4, -0.2) is 37.2 Å². The predicted octanol–water partition coefficient (Wildman–Crippen LogP) is 2.86. The van der Waals surface area contributed by atoms with Gasteiger partial charge >= 0.3 is 0 Å². The highest BCUT2D eigenvalue weighted by atomic mass is 16.2. The molecule has 0 atom stereocenters. The van der Waals surface area contributed by atoms with Gasteiger partial charge in [-0.2, -0.15) is 0 Å². The second-order valence-corrected chi connectivity index (χ2v) is 5.24. The summed E-state index contributed by atoms with van der Waals surface area (Å²) in [5.74, 6) is -0.0322. The first kappa shape index (κ1) is 17.7. The maximum atomic E-state index is 12.2. The Morgan fingerprint density at radius 3 is 2.71 bits per heavy atom. The minimum absolute atomic E-state index is 0.0234. The normalized spacial score (nSPS) is 10.9. The van der Waals surface area contributed by atoms with Gasteiger partial charge in [0.05, 0.1) is 13.3 Å². The van der Waals surface area contributed by atoms with Gasteiger partial charge in [-0.1, -0.05) is 26.0 Å². The highest BCUT2D eigenvalue weighted by Crippen LogP contribution is 2.09. The summed E-state index contributed by atoms with van der Waals surface area (Å²) in [6.07, 6.45) is 3.52. The number of aryl methyl sites for hydroxylation is 1. The van der Waals surface area contributed by atoms with Crippen LogP contribution in [0.2, 0.25) is 0 Å². The molecule has 117 valence electrons. The van der Waals surface area contributed by atoms with E-state index in [9.17, 15) is 9.90 Å². The number of benzene rings is 1. The molecule has 0 fully saturated rings. The molecule has 0 unspecified atom stereocenters. The lowest BCUT2D eigenvalue weighted by Crippen LogP contribution is -2.37. The molecule has 1 rings (SSSR count). The van der Waals surface area contributed by atoms with Gasteiger partial charge in [0.15, 0.2) is 0 Å². The van der Waals surface area contributed by atoms with Crippen LogP contribution in [0, 0.1) is 0 Å². The van der Waals surface area contributed by atoms with E-state index in [0.717, 1.165) is 37.9 Å². The number of carbonyl (C=O) groups is 1. The Hall–Kier alpha value is -1.39. The monoisotopic (exact) mass is 291 g/mol. The lowest BCUT2D eigenvalue weighted by atomic mass is 10.1. The summed E-state index contributed by atoms with van der Waals surface area (Å²) < 4.78 is 0. The molecular weight excluding hydrogens is 264 g/mol. The quantitative estimate of drug-likeness (QED) is 0.532. The van der Waals surface area contributed by atoms with Gasteiger partial charge in [0.2, 0.25) is 0 Å². The molecule has 0 aliphatic carbocycles. The molecule has 0 heterocycles. The van der Waals surface area contributed by atoms with E-state index >= 15 is 0 Å². The van der Waals surface area contributed by atoms with E-state index < -0.39 is 0 Å². The fraction of sp³-hybridized carbons (Fsp3) is 0.588. The zero-order valence-electron chi connectivity index (χ0n) is 13.2. The van der Waals surface area contributed by atoms with Gasteiger partial charge in [0.1, 0.15) is 0 Å². The van der Waals surface area contributed by atoms with Crippen LogP contribution in [-0.2, 0) is 11.5 Å². The summed E-state index contributed by atoms with van der Waals surface area (Å²) in [7, 11) is 0. The molecule has 0 spiro atoms. The van der Waals surface area contributed by atoms with Crippen molar-refractivity contribution < 1.29 is 9.90 Å². The fourth-order valence-electron chi connectivity index (χ4n) is 2.25. The third kappa shape index (κ3) is 6.74. The van der Waals surface area contributed by atoms with Crippen LogP contribution in [0.15, 0.2) is 24.3 Å². The fourth-order valence-corrected chi connectivity index (χ4v) is 2.25. The number of hydrogen-bond donors (Lipinski definition) is 1. The second-order valence-electron chi connectivity index (χ2n) is 5.24. The second kappa shape index (κ2) is 10.4. The Bertz CT molecular complexity index is 421. The van der Waals surface area contributed by atoms with Crippen molar-refractivity contribution >= 4 is 5.91 Å². The lowest BCUT2D eigenvalue weighted by Gasteiger charge is -2.20. The van der Waals surface area contributed by atoms with E-state index in [4.69, 9.17) is 0 Å². The maximum absolute atomic E-state index is 12.2. The van der Waals surface area contributed by atoms with Gasteiger partial charge in [-0.3, -0.25) is 9.69 Å². The van der Waals surface area contributed by atoms with E-state index in [2.05, 4.69) is 24.1 Å². The molecule has 0 bridgehead atoms. The van der Waals surface area contributed by atoms with Crippen molar-refractivity contribution in [2.45, 2.75) is 39.5 Å². The Balaban J connectivity index is 2.51. The van der Waals surface area contributed by atoms with Crippen LogP contribution in [0.3, 0.4) is 0 Å². The highest BCUT2D eigenvalue weighted by Gasteiger charge is 2.08. The molecule has 1 radical (unpaired) electrons. The van der Waals surface area contributed by atoms with Crippen LogP contribution in [0.5, 0.6) is 0 Å². The van der Waals surface area contributed by atoms with Crippen LogP contribution < -0.4 is 5.32 Å².